The molecule has 4 aliphatic rings. The van der Waals surface area contributed by atoms with Gasteiger partial charge in [-0.25, -0.2) is 0 Å². The van der Waals surface area contributed by atoms with Crippen LogP contribution in [0.3, 0.4) is 0 Å². The fraction of sp³-hybridized carbons (Fsp3) is 0.929. The molecule has 3 fully saturated rings. The van der Waals surface area contributed by atoms with Gasteiger partial charge in [-0.3, -0.25) is 4.99 Å². The second-order valence-corrected chi connectivity index (χ2v) is 7.16. The predicted molar refractivity (Wildman–Crippen MR) is 67.8 cm³/mol. The van der Waals surface area contributed by atoms with Gasteiger partial charge in [0.15, 0.2) is 0 Å². The third-order valence-corrected chi connectivity index (χ3v) is 5.72. The molecule has 0 amide bonds. The molecule has 4 rings (SSSR count). The van der Waals surface area contributed by atoms with Gasteiger partial charge in [-0.2, -0.15) is 0 Å². The Kier molecular flexibility index (Phi) is 2.08. The summed E-state index contributed by atoms with van der Waals surface area (Å²) < 4.78 is 0. The summed E-state index contributed by atoms with van der Waals surface area (Å²) in [5.41, 5.74) is 1.31. The number of hydrogen-bond donors (Lipinski definition) is 1. The molecule has 0 aromatic heterocycles. The molecule has 2 aliphatic carbocycles. The van der Waals surface area contributed by atoms with E-state index in [4.69, 9.17) is 0 Å². The highest BCUT2D eigenvalue weighted by Crippen LogP contribution is 2.60. The normalized spacial score (nSPS) is 47.8. The Hall–Kier alpha value is -0.370. The maximum absolute atomic E-state index is 4.18. The highest BCUT2D eigenvalue weighted by Gasteiger charge is 2.59. The summed E-state index contributed by atoms with van der Waals surface area (Å²) in [7, 11) is 0. The van der Waals surface area contributed by atoms with Crippen LogP contribution in [0.1, 0.15) is 27.7 Å². The standard InChI is InChI=1S/C7H13N.C7H11N/c2*1-7(2)5-3-8-4-6(5)7/h5-6,8H,3-4H2,1-2H3;3,5-6H,4H2,1-2H3/t2*5-,6+/m.1/s1. The zero-order chi connectivity index (χ0) is 11.6. The minimum absolute atomic E-state index is 0.613. The van der Waals surface area contributed by atoms with Crippen LogP contribution in [0.4, 0.5) is 0 Å². The van der Waals surface area contributed by atoms with Crippen LogP contribution in [0.2, 0.25) is 0 Å². The van der Waals surface area contributed by atoms with Crippen molar-refractivity contribution < 1.29 is 0 Å². The van der Waals surface area contributed by atoms with E-state index in [2.05, 4.69) is 44.2 Å². The molecule has 2 saturated carbocycles. The summed E-state index contributed by atoms with van der Waals surface area (Å²) in [6.45, 7) is 13.1. The van der Waals surface area contributed by atoms with Crippen molar-refractivity contribution >= 4 is 6.21 Å². The average Bonchev–Trinajstić information content (AvgIpc) is 2.90. The first-order chi connectivity index (χ1) is 7.45. The Morgan fingerprint density at radius 2 is 1.62 bits per heavy atom. The van der Waals surface area contributed by atoms with E-state index in [-0.39, 0.29) is 0 Å². The molecule has 0 aromatic rings. The van der Waals surface area contributed by atoms with E-state index in [1.54, 1.807) is 0 Å². The molecule has 0 spiro atoms. The molecule has 2 aliphatic heterocycles. The van der Waals surface area contributed by atoms with Crippen molar-refractivity contribution in [1.29, 1.82) is 0 Å². The topological polar surface area (TPSA) is 24.4 Å². The van der Waals surface area contributed by atoms with Crippen LogP contribution in [-0.2, 0) is 0 Å². The predicted octanol–water partition coefficient (Wildman–Crippen LogP) is 2.20. The lowest BCUT2D eigenvalue weighted by Gasteiger charge is -2.06. The fourth-order valence-electron chi connectivity index (χ4n) is 3.78. The van der Waals surface area contributed by atoms with Crippen LogP contribution in [0.5, 0.6) is 0 Å². The average molecular weight is 220 g/mol. The second kappa shape index (κ2) is 3.10. The summed E-state index contributed by atoms with van der Waals surface area (Å²) in [6, 6.07) is 0. The Morgan fingerprint density at radius 3 is 1.88 bits per heavy atom. The van der Waals surface area contributed by atoms with E-state index in [0.717, 1.165) is 30.2 Å². The molecular formula is C14H24N2. The van der Waals surface area contributed by atoms with E-state index in [0.29, 0.717) is 10.8 Å². The maximum atomic E-state index is 4.18. The molecule has 0 radical (unpaired) electrons. The van der Waals surface area contributed by atoms with E-state index < -0.39 is 0 Å². The van der Waals surface area contributed by atoms with Gasteiger partial charge in [0.1, 0.15) is 0 Å². The van der Waals surface area contributed by atoms with Crippen LogP contribution < -0.4 is 5.32 Å². The molecule has 1 N–H and O–H groups in total. The SMILES string of the molecule is CC1(C)[C@@H]2C=NC[C@@H]21.CC1(C)[C@@H]2CNC[C@@H]21. The zero-order valence-electron chi connectivity index (χ0n) is 11.0. The molecule has 4 atom stereocenters. The van der Waals surface area contributed by atoms with Crippen molar-refractivity contribution in [3.8, 4) is 0 Å². The van der Waals surface area contributed by atoms with Gasteiger partial charge < -0.3 is 5.32 Å². The molecule has 90 valence electrons. The molecule has 2 nitrogen and oxygen atoms in total. The van der Waals surface area contributed by atoms with E-state index >= 15 is 0 Å². The maximum Gasteiger partial charge on any atom is 0.0425 e. The molecule has 0 aromatic carbocycles. The quantitative estimate of drug-likeness (QED) is 0.665. The van der Waals surface area contributed by atoms with Gasteiger partial charge in [0.2, 0.25) is 0 Å². The van der Waals surface area contributed by atoms with Gasteiger partial charge >= 0.3 is 0 Å². The fourth-order valence-corrected chi connectivity index (χ4v) is 3.78. The Bertz CT molecular complexity index is 318. The van der Waals surface area contributed by atoms with Crippen molar-refractivity contribution in [3.05, 3.63) is 0 Å². The van der Waals surface area contributed by atoms with E-state index in [9.17, 15) is 0 Å². The Morgan fingerprint density at radius 1 is 1.00 bits per heavy atom. The van der Waals surface area contributed by atoms with Crippen LogP contribution in [-0.4, -0.2) is 25.8 Å². The summed E-state index contributed by atoms with van der Waals surface area (Å²) in [5.74, 6) is 3.77. The van der Waals surface area contributed by atoms with Crippen LogP contribution in [0, 0.1) is 34.5 Å². The lowest BCUT2D eigenvalue weighted by molar-refractivity contribution is 0.475. The first-order valence-corrected chi connectivity index (χ1v) is 6.66. The van der Waals surface area contributed by atoms with Gasteiger partial charge in [0.05, 0.1) is 0 Å². The number of piperidine rings is 1. The largest absolute Gasteiger partial charge is 0.316 e. The molecule has 2 heteroatoms. The molecule has 1 saturated heterocycles. The van der Waals surface area contributed by atoms with Crippen molar-refractivity contribution in [2.75, 3.05) is 19.6 Å². The lowest BCUT2D eigenvalue weighted by Crippen LogP contribution is -2.17. The Balaban J connectivity index is 0.000000101. The van der Waals surface area contributed by atoms with E-state index in [1.165, 1.54) is 13.1 Å². The second-order valence-electron chi connectivity index (χ2n) is 7.16. The minimum atomic E-state index is 0.613. The summed E-state index contributed by atoms with van der Waals surface area (Å²) in [6.07, 6.45) is 2.13. The van der Waals surface area contributed by atoms with Crippen LogP contribution in [0.25, 0.3) is 0 Å². The van der Waals surface area contributed by atoms with Gasteiger partial charge in [-0.05, 0) is 41.7 Å². The number of aliphatic imine (C=N–C) groups is 1. The molecular weight excluding hydrogens is 196 g/mol. The smallest absolute Gasteiger partial charge is 0.0425 e. The van der Waals surface area contributed by atoms with Gasteiger partial charge in [0, 0.05) is 18.7 Å². The number of hydrogen-bond acceptors (Lipinski definition) is 2. The molecule has 2 heterocycles. The van der Waals surface area contributed by atoms with Crippen LogP contribution >= 0.6 is 0 Å². The zero-order valence-corrected chi connectivity index (χ0v) is 11.0. The first-order valence-electron chi connectivity index (χ1n) is 6.66. The first kappa shape index (κ1) is 10.8. The van der Waals surface area contributed by atoms with E-state index in [1.807, 2.05) is 0 Å². The number of fused-ring (bicyclic) bond motifs is 2. The van der Waals surface area contributed by atoms with Gasteiger partial charge in [0.25, 0.3) is 0 Å². The highest BCUT2D eigenvalue weighted by atomic mass is 15.0. The third kappa shape index (κ3) is 1.38. The monoisotopic (exact) mass is 220 g/mol. The number of nitrogens with zero attached hydrogens (tertiary/aromatic N) is 1. The van der Waals surface area contributed by atoms with Crippen molar-refractivity contribution in [2.24, 2.45) is 39.5 Å². The Labute approximate surface area is 98.9 Å². The third-order valence-electron chi connectivity index (χ3n) is 5.72. The van der Waals surface area contributed by atoms with Gasteiger partial charge in [-0.15, -0.1) is 0 Å². The van der Waals surface area contributed by atoms with Crippen LogP contribution in [0.15, 0.2) is 4.99 Å². The van der Waals surface area contributed by atoms with Crippen molar-refractivity contribution in [1.82, 2.24) is 5.32 Å². The number of rotatable bonds is 0. The molecule has 0 unspecified atom stereocenters. The minimum Gasteiger partial charge on any atom is -0.316 e. The molecule has 0 bridgehead atoms. The van der Waals surface area contributed by atoms with Gasteiger partial charge in [-0.1, -0.05) is 27.7 Å². The van der Waals surface area contributed by atoms with Crippen molar-refractivity contribution in [2.45, 2.75) is 27.7 Å². The summed E-state index contributed by atoms with van der Waals surface area (Å²) in [4.78, 5) is 4.18. The number of nitrogens with one attached hydrogen (secondary N) is 1. The summed E-state index contributed by atoms with van der Waals surface area (Å²) in [5, 5.41) is 3.38. The van der Waals surface area contributed by atoms with Crippen molar-refractivity contribution in [3.63, 3.8) is 0 Å². The molecule has 16 heavy (non-hydrogen) atoms. The lowest BCUT2D eigenvalue weighted by atomic mass is 10.1. The highest BCUT2D eigenvalue weighted by molar-refractivity contribution is 5.70. The summed E-state index contributed by atoms with van der Waals surface area (Å²) >= 11 is 0.